The predicted molar refractivity (Wildman–Crippen MR) is 61.7 cm³/mol. The van der Waals surface area contributed by atoms with Gasteiger partial charge in [-0.05, 0) is 19.9 Å². The Hall–Kier alpha value is -0.570. The SMILES string of the molecule is [CH2]C(OCC)(OCC)c1ccccc1Cl. The third-order valence-corrected chi connectivity index (χ3v) is 2.37. The molecule has 0 aliphatic carbocycles. The molecule has 0 aliphatic rings. The van der Waals surface area contributed by atoms with E-state index in [9.17, 15) is 0 Å². The summed E-state index contributed by atoms with van der Waals surface area (Å²) in [5.74, 6) is -0.998. The van der Waals surface area contributed by atoms with Gasteiger partial charge < -0.3 is 9.47 Å². The van der Waals surface area contributed by atoms with Crippen molar-refractivity contribution in [3.8, 4) is 0 Å². The molecule has 0 heterocycles. The van der Waals surface area contributed by atoms with Crippen molar-refractivity contribution in [2.24, 2.45) is 0 Å². The fraction of sp³-hybridized carbons (Fsp3) is 0.417. The molecule has 15 heavy (non-hydrogen) atoms. The summed E-state index contributed by atoms with van der Waals surface area (Å²) >= 11 is 6.08. The van der Waals surface area contributed by atoms with Crippen LogP contribution < -0.4 is 0 Å². The maximum Gasteiger partial charge on any atom is 0.196 e. The molecule has 1 radical (unpaired) electrons. The van der Waals surface area contributed by atoms with Gasteiger partial charge in [-0.3, -0.25) is 0 Å². The molecule has 0 saturated carbocycles. The van der Waals surface area contributed by atoms with Crippen LogP contribution in [0.5, 0.6) is 0 Å². The fourth-order valence-electron chi connectivity index (χ4n) is 1.43. The molecule has 1 aromatic carbocycles. The summed E-state index contributed by atoms with van der Waals surface area (Å²) < 4.78 is 11.0. The number of benzene rings is 1. The van der Waals surface area contributed by atoms with Gasteiger partial charge in [0, 0.05) is 30.7 Å². The molecule has 1 aromatic rings. The second kappa shape index (κ2) is 5.50. The first-order valence-corrected chi connectivity index (χ1v) is 5.40. The topological polar surface area (TPSA) is 18.5 Å². The van der Waals surface area contributed by atoms with Crippen LogP contribution >= 0.6 is 11.6 Å². The van der Waals surface area contributed by atoms with Gasteiger partial charge in [-0.2, -0.15) is 0 Å². The van der Waals surface area contributed by atoms with Crippen LogP contribution in [-0.4, -0.2) is 13.2 Å². The van der Waals surface area contributed by atoms with Gasteiger partial charge in [0.05, 0.1) is 0 Å². The van der Waals surface area contributed by atoms with Gasteiger partial charge in [-0.15, -0.1) is 0 Å². The van der Waals surface area contributed by atoms with Gasteiger partial charge >= 0.3 is 0 Å². The third kappa shape index (κ3) is 2.94. The summed E-state index contributed by atoms with van der Waals surface area (Å²) in [5, 5.41) is 0.606. The van der Waals surface area contributed by atoms with Crippen LogP contribution in [0.25, 0.3) is 0 Å². The highest BCUT2D eigenvalue weighted by Gasteiger charge is 2.29. The van der Waals surface area contributed by atoms with Gasteiger partial charge in [0.15, 0.2) is 5.79 Å². The molecule has 0 aliphatic heterocycles. The fourth-order valence-corrected chi connectivity index (χ4v) is 1.71. The van der Waals surface area contributed by atoms with Crippen molar-refractivity contribution in [3.05, 3.63) is 41.8 Å². The van der Waals surface area contributed by atoms with Crippen molar-refractivity contribution in [1.29, 1.82) is 0 Å². The van der Waals surface area contributed by atoms with Crippen molar-refractivity contribution in [3.63, 3.8) is 0 Å². The van der Waals surface area contributed by atoms with Crippen molar-refractivity contribution in [2.75, 3.05) is 13.2 Å². The maximum atomic E-state index is 6.08. The van der Waals surface area contributed by atoms with Crippen LogP contribution in [0, 0.1) is 6.92 Å². The summed E-state index contributed by atoms with van der Waals surface area (Å²) in [6.07, 6.45) is 0. The first-order chi connectivity index (χ1) is 7.14. The Morgan fingerprint density at radius 1 is 1.20 bits per heavy atom. The Morgan fingerprint density at radius 3 is 2.20 bits per heavy atom. The zero-order valence-corrected chi connectivity index (χ0v) is 9.88. The van der Waals surface area contributed by atoms with Crippen molar-refractivity contribution in [2.45, 2.75) is 19.6 Å². The van der Waals surface area contributed by atoms with Crippen molar-refractivity contribution in [1.82, 2.24) is 0 Å². The summed E-state index contributed by atoms with van der Waals surface area (Å²) in [6.45, 7) is 8.79. The summed E-state index contributed by atoms with van der Waals surface area (Å²) in [7, 11) is 0. The molecule has 0 atom stereocenters. The van der Waals surface area contributed by atoms with Crippen LogP contribution in [0.4, 0.5) is 0 Å². The number of halogens is 1. The van der Waals surface area contributed by atoms with Crippen LogP contribution in [0.1, 0.15) is 19.4 Å². The second-order valence-electron chi connectivity index (χ2n) is 3.10. The van der Waals surface area contributed by atoms with Crippen molar-refractivity contribution < 1.29 is 9.47 Å². The standard InChI is InChI=1S/C12H16ClO2/c1-4-14-12(3,15-5-2)10-8-6-7-9-11(10)13/h6-9H,3-5H2,1-2H3. The quantitative estimate of drug-likeness (QED) is 0.718. The van der Waals surface area contributed by atoms with Crippen LogP contribution in [0.2, 0.25) is 5.02 Å². The molecule has 0 spiro atoms. The summed E-state index contributed by atoms with van der Waals surface area (Å²) in [6, 6.07) is 7.42. The molecule has 1 rings (SSSR count). The van der Waals surface area contributed by atoms with E-state index in [-0.39, 0.29) is 0 Å². The predicted octanol–water partition coefficient (Wildman–Crippen LogP) is 3.40. The minimum absolute atomic E-state index is 0.523. The maximum absolute atomic E-state index is 6.08. The monoisotopic (exact) mass is 227 g/mol. The molecule has 0 bridgehead atoms. The average molecular weight is 228 g/mol. The highest BCUT2D eigenvalue weighted by atomic mass is 35.5. The first kappa shape index (κ1) is 12.5. The zero-order valence-electron chi connectivity index (χ0n) is 9.13. The largest absolute Gasteiger partial charge is 0.346 e. The molecule has 0 unspecified atom stereocenters. The van der Waals surface area contributed by atoms with E-state index in [0.717, 1.165) is 5.56 Å². The second-order valence-corrected chi connectivity index (χ2v) is 3.51. The summed E-state index contributed by atoms with van der Waals surface area (Å²) in [4.78, 5) is 0. The van der Waals surface area contributed by atoms with E-state index in [4.69, 9.17) is 21.1 Å². The number of ether oxygens (including phenoxy) is 2. The van der Waals surface area contributed by atoms with Crippen LogP contribution in [0.3, 0.4) is 0 Å². The third-order valence-electron chi connectivity index (χ3n) is 2.04. The molecule has 83 valence electrons. The molecular weight excluding hydrogens is 212 g/mol. The van der Waals surface area contributed by atoms with Gasteiger partial charge in [0.2, 0.25) is 0 Å². The minimum Gasteiger partial charge on any atom is -0.346 e. The number of hydrogen-bond acceptors (Lipinski definition) is 2. The Morgan fingerprint density at radius 2 is 1.73 bits per heavy atom. The zero-order chi connectivity index (χ0) is 11.3. The van der Waals surface area contributed by atoms with Crippen LogP contribution in [-0.2, 0) is 15.3 Å². The smallest absolute Gasteiger partial charge is 0.196 e. The molecular formula is C12H16ClO2. The Bertz CT molecular complexity index is 306. The van der Waals surface area contributed by atoms with Gasteiger partial charge in [-0.1, -0.05) is 29.8 Å². The molecule has 0 aromatic heterocycles. The molecule has 0 N–H and O–H groups in total. The van der Waals surface area contributed by atoms with Gasteiger partial charge in [0.25, 0.3) is 0 Å². The van der Waals surface area contributed by atoms with E-state index in [1.165, 1.54) is 0 Å². The van der Waals surface area contributed by atoms with E-state index in [1.54, 1.807) is 6.07 Å². The lowest BCUT2D eigenvalue weighted by molar-refractivity contribution is -0.210. The molecule has 3 heteroatoms. The lowest BCUT2D eigenvalue weighted by atomic mass is 10.1. The van der Waals surface area contributed by atoms with E-state index in [0.29, 0.717) is 18.2 Å². The van der Waals surface area contributed by atoms with Crippen LogP contribution in [0.15, 0.2) is 24.3 Å². The van der Waals surface area contributed by atoms with Gasteiger partial charge in [0.1, 0.15) is 0 Å². The Kier molecular flexibility index (Phi) is 4.58. The molecule has 0 amide bonds. The highest BCUT2D eigenvalue weighted by Crippen LogP contribution is 2.31. The lowest BCUT2D eigenvalue weighted by Crippen LogP contribution is -2.30. The van der Waals surface area contributed by atoms with Gasteiger partial charge in [-0.25, -0.2) is 0 Å². The lowest BCUT2D eigenvalue weighted by Gasteiger charge is -2.30. The number of hydrogen-bond donors (Lipinski definition) is 0. The van der Waals surface area contributed by atoms with E-state index in [2.05, 4.69) is 6.92 Å². The molecule has 0 fully saturated rings. The van der Waals surface area contributed by atoms with E-state index >= 15 is 0 Å². The normalized spacial score (nSPS) is 11.7. The number of rotatable bonds is 5. The van der Waals surface area contributed by atoms with Crippen molar-refractivity contribution >= 4 is 11.6 Å². The summed E-state index contributed by atoms with van der Waals surface area (Å²) in [5.41, 5.74) is 0.760. The Balaban J connectivity index is 3.03. The average Bonchev–Trinajstić information content (AvgIpc) is 2.19. The molecule has 2 nitrogen and oxygen atoms in total. The Labute approximate surface area is 96.2 Å². The van der Waals surface area contributed by atoms with E-state index < -0.39 is 5.79 Å². The first-order valence-electron chi connectivity index (χ1n) is 5.02. The van der Waals surface area contributed by atoms with E-state index in [1.807, 2.05) is 32.0 Å². The highest BCUT2D eigenvalue weighted by molar-refractivity contribution is 6.31. The minimum atomic E-state index is -0.998. The molecule has 0 saturated heterocycles.